The van der Waals surface area contributed by atoms with Gasteiger partial charge < -0.3 is 0 Å². The van der Waals surface area contributed by atoms with Crippen molar-refractivity contribution in [1.82, 2.24) is 19.6 Å². The lowest BCUT2D eigenvalue weighted by Gasteiger charge is -2.05. The fourth-order valence-corrected chi connectivity index (χ4v) is 3.15. The van der Waals surface area contributed by atoms with Gasteiger partial charge in [0.2, 0.25) is 0 Å². The topological polar surface area (TPSA) is 43.1 Å². The lowest BCUT2D eigenvalue weighted by molar-refractivity contribution is 0.893. The summed E-state index contributed by atoms with van der Waals surface area (Å²) in [6, 6.07) is 14.2. The molecule has 0 aliphatic carbocycles. The first-order valence-electron chi connectivity index (χ1n) is 7.81. The van der Waals surface area contributed by atoms with E-state index in [1.54, 1.807) is 6.20 Å². The first kappa shape index (κ1) is 15.0. The Morgan fingerprint density at radius 3 is 2.54 bits per heavy atom. The molecule has 4 aromatic rings. The molecule has 0 aliphatic heterocycles. The Hall–Kier alpha value is -2.53. The summed E-state index contributed by atoms with van der Waals surface area (Å²) in [6.07, 6.45) is 6.31. The predicted molar refractivity (Wildman–Crippen MR) is 98.7 cm³/mol. The zero-order chi connectivity index (χ0) is 16.5. The van der Waals surface area contributed by atoms with Crippen molar-refractivity contribution in [3.63, 3.8) is 0 Å². The molecule has 3 aromatic heterocycles. The Morgan fingerprint density at radius 2 is 1.83 bits per heavy atom. The van der Waals surface area contributed by atoms with Gasteiger partial charge in [0.05, 0.1) is 11.4 Å². The van der Waals surface area contributed by atoms with Crippen LogP contribution in [0.2, 0.25) is 0 Å². The van der Waals surface area contributed by atoms with Crippen LogP contribution in [0.1, 0.15) is 12.6 Å². The molecule has 0 fully saturated rings. The fourth-order valence-electron chi connectivity index (χ4n) is 2.88. The van der Waals surface area contributed by atoms with Crippen LogP contribution in [-0.4, -0.2) is 19.6 Å². The molecule has 4 rings (SSSR count). The normalized spacial score (nSPS) is 11.1. The third-order valence-corrected chi connectivity index (χ3v) is 4.54. The quantitative estimate of drug-likeness (QED) is 0.514. The van der Waals surface area contributed by atoms with Crippen molar-refractivity contribution in [3.8, 4) is 22.4 Å². The number of fused-ring (bicyclic) bond motifs is 1. The number of benzene rings is 1. The standard InChI is InChI=1S/C19H15BrN4/c1-2-16-18(13-5-7-15(20)8-6-13)19-22-11-9-17(24(19)23-16)14-4-3-10-21-12-14/h3-12H,2H2,1H3. The van der Waals surface area contributed by atoms with Gasteiger partial charge in [0.25, 0.3) is 0 Å². The van der Waals surface area contributed by atoms with E-state index in [0.717, 1.165) is 44.6 Å². The summed E-state index contributed by atoms with van der Waals surface area (Å²) < 4.78 is 2.98. The van der Waals surface area contributed by atoms with Gasteiger partial charge >= 0.3 is 0 Å². The predicted octanol–water partition coefficient (Wildman–Crippen LogP) is 4.78. The van der Waals surface area contributed by atoms with Gasteiger partial charge in [-0.2, -0.15) is 5.10 Å². The number of hydrogen-bond donors (Lipinski definition) is 0. The molecule has 4 nitrogen and oxygen atoms in total. The Labute approximate surface area is 148 Å². The first-order valence-corrected chi connectivity index (χ1v) is 8.60. The van der Waals surface area contributed by atoms with E-state index in [-0.39, 0.29) is 0 Å². The SMILES string of the molecule is CCc1nn2c(-c3cccnc3)ccnc2c1-c1ccc(Br)cc1. The van der Waals surface area contributed by atoms with Gasteiger partial charge in [0, 0.05) is 34.2 Å². The molecule has 0 aliphatic rings. The second-order valence-electron chi connectivity index (χ2n) is 5.49. The summed E-state index contributed by atoms with van der Waals surface area (Å²) in [4.78, 5) is 8.82. The summed E-state index contributed by atoms with van der Waals surface area (Å²) >= 11 is 3.49. The van der Waals surface area contributed by atoms with Crippen LogP contribution in [0, 0.1) is 0 Å². The maximum Gasteiger partial charge on any atom is 0.163 e. The summed E-state index contributed by atoms with van der Waals surface area (Å²) in [6.45, 7) is 2.12. The molecule has 0 amide bonds. The van der Waals surface area contributed by atoms with E-state index in [9.17, 15) is 0 Å². The van der Waals surface area contributed by atoms with Crippen molar-refractivity contribution in [2.75, 3.05) is 0 Å². The minimum atomic E-state index is 0.848. The molecule has 5 heteroatoms. The first-order chi connectivity index (χ1) is 11.8. The van der Waals surface area contributed by atoms with Gasteiger partial charge in [-0.1, -0.05) is 35.0 Å². The average Bonchev–Trinajstić information content (AvgIpc) is 3.02. The van der Waals surface area contributed by atoms with Crippen LogP contribution in [0.5, 0.6) is 0 Å². The van der Waals surface area contributed by atoms with E-state index in [1.807, 2.05) is 47.2 Å². The second kappa shape index (κ2) is 6.17. The number of pyridine rings is 1. The summed E-state index contributed by atoms with van der Waals surface area (Å²) in [5, 5.41) is 4.82. The van der Waals surface area contributed by atoms with E-state index in [1.165, 1.54) is 0 Å². The van der Waals surface area contributed by atoms with Crippen molar-refractivity contribution in [3.05, 3.63) is 71.2 Å². The monoisotopic (exact) mass is 378 g/mol. The third-order valence-electron chi connectivity index (χ3n) is 4.02. The Morgan fingerprint density at radius 1 is 1.00 bits per heavy atom. The lowest BCUT2D eigenvalue weighted by Crippen LogP contribution is -1.96. The van der Waals surface area contributed by atoms with E-state index in [2.05, 4.69) is 45.0 Å². The van der Waals surface area contributed by atoms with Crippen LogP contribution in [0.4, 0.5) is 0 Å². The smallest absolute Gasteiger partial charge is 0.163 e. The summed E-state index contributed by atoms with van der Waals surface area (Å²) in [5.41, 5.74) is 6.15. The van der Waals surface area contributed by atoms with Crippen LogP contribution in [0.15, 0.2) is 65.5 Å². The lowest BCUT2D eigenvalue weighted by atomic mass is 10.0. The Balaban J connectivity index is 2.00. The molecule has 1 aromatic carbocycles. The highest BCUT2D eigenvalue weighted by Crippen LogP contribution is 2.31. The van der Waals surface area contributed by atoms with Gasteiger partial charge in [-0.25, -0.2) is 9.50 Å². The number of halogens is 1. The van der Waals surface area contributed by atoms with Crippen molar-refractivity contribution in [1.29, 1.82) is 0 Å². The van der Waals surface area contributed by atoms with Crippen LogP contribution >= 0.6 is 15.9 Å². The zero-order valence-electron chi connectivity index (χ0n) is 13.1. The second-order valence-corrected chi connectivity index (χ2v) is 6.41. The number of nitrogens with zero attached hydrogens (tertiary/aromatic N) is 4. The van der Waals surface area contributed by atoms with Gasteiger partial charge in [-0.05, 0) is 42.3 Å². The third kappa shape index (κ3) is 2.51. The molecule has 0 bridgehead atoms. The zero-order valence-corrected chi connectivity index (χ0v) is 14.7. The molecule has 0 spiro atoms. The molecule has 0 unspecified atom stereocenters. The Kier molecular flexibility index (Phi) is 3.86. The van der Waals surface area contributed by atoms with E-state index in [0.29, 0.717) is 0 Å². The number of hydrogen-bond acceptors (Lipinski definition) is 3. The molecule has 0 N–H and O–H groups in total. The molecule has 3 heterocycles. The highest BCUT2D eigenvalue weighted by molar-refractivity contribution is 9.10. The van der Waals surface area contributed by atoms with E-state index >= 15 is 0 Å². The van der Waals surface area contributed by atoms with Gasteiger partial charge in [0.15, 0.2) is 5.65 Å². The minimum Gasteiger partial charge on any atom is -0.264 e. The van der Waals surface area contributed by atoms with Crippen LogP contribution in [0.3, 0.4) is 0 Å². The molecule has 24 heavy (non-hydrogen) atoms. The molecule has 118 valence electrons. The van der Waals surface area contributed by atoms with Crippen LogP contribution in [0.25, 0.3) is 28.0 Å². The average molecular weight is 379 g/mol. The minimum absolute atomic E-state index is 0.848. The molecule has 0 saturated carbocycles. The number of rotatable bonds is 3. The fraction of sp³-hybridized carbons (Fsp3) is 0.105. The molecule has 0 atom stereocenters. The molecular formula is C19H15BrN4. The van der Waals surface area contributed by atoms with Crippen molar-refractivity contribution >= 4 is 21.6 Å². The highest BCUT2D eigenvalue weighted by Gasteiger charge is 2.17. The largest absolute Gasteiger partial charge is 0.264 e. The summed E-state index contributed by atoms with van der Waals surface area (Å²) in [7, 11) is 0. The summed E-state index contributed by atoms with van der Waals surface area (Å²) in [5.74, 6) is 0. The van der Waals surface area contributed by atoms with E-state index in [4.69, 9.17) is 5.10 Å². The van der Waals surface area contributed by atoms with Crippen molar-refractivity contribution in [2.24, 2.45) is 0 Å². The molecular weight excluding hydrogens is 364 g/mol. The number of aryl methyl sites for hydroxylation is 1. The molecule has 0 radical (unpaired) electrons. The molecule has 0 saturated heterocycles. The Bertz CT molecular complexity index is 991. The van der Waals surface area contributed by atoms with Gasteiger partial charge in [-0.15, -0.1) is 0 Å². The van der Waals surface area contributed by atoms with Crippen LogP contribution in [-0.2, 0) is 6.42 Å². The van der Waals surface area contributed by atoms with Crippen LogP contribution < -0.4 is 0 Å². The van der Waals surface area contributed by atoms with Crippen molar-refractivity contribution in [2.45, 2.75) is 13.3 Å². The maximum absolute atomic E-state index is 4.82. The van der Waals surface area contributed by atoms with Crippen molar-refractivity contribution < 1.29 is 0 Å². The van der Waals surface area contributed by atoms with E-state index < -0.39 is 0 Å². The van der Waals surface area contributed by atoms with Gasteiger partial charge in [-0.3, -0.25) is 4.98 Å². The van der Waals surface area contributed by atoms with Gasteiger partial charge in [0.1, 0.15) is 0 Å². The maximum atomic E-state index is 4.82. The number of aromatic nitrogens is 4. The highest BCUT2D eigenvalue weighted by atomic mass is 79.9.